The molecule has 0 unspecified atom stereocenters. The van der Waals surface area contributed by atoms with E-state index in [0.717, 1.165) is 0 Å². The van der Waals surface area contributed by atoms with Crippen molar-refractivity contribution in [2.45, 2.75) is 116 Å². The molecule has 0 aliphatic heterocycles. The summed E-state index contributed by atoms with van der Waals surface area (Å²) in [5.74, 6) is 0. The minimum absolute atomic E-state index is 0. The van der Waals surface area contributed by atoms with Gasteiger partial charge in [0, 0.05) is 36.4 Å². The second kappa shape index (κ2) is 22.4. The average Bonchev–Trinajstić information content (AvgIpc) is 2.43. The van der Waals surface area contributed by atoms with Gasteiger partial charge in [0.15, 0.2) is 0 Å². The van der Waals surface area contributed by atoms with Crippen molar-refractivity contribution >= 4 is 10.2 Å². The topological polar surface area (TPSA) is 0 Å². The Morgan fingerprint density at radius 1 is 0.450 bits per heavy atom. The summed E-state index contributed by atoms with van der Waals surface area (Å²) in [5, 5.41) is 0. The number of hydrogen-bond donors (Lipinski definition) is 0. The third-order valence-corrected chi connectivity index (χ3v) is 4.60. The smallest absolute Gasteiger partial charge is 0.00797 e. The van der Waals surface area contributed by atoms with E-state index < -0.39 is 0 Å². The molecule has 0 amide bonds. The molecule has 0 spiro atoms. The zero-order valence-corrected chi connectivity index (χ0v) is 18.1. The van der Waals surface area contributed by atoms with Crippen LogP contribution in [0.1, 0.15) is 110 Å². The summed E-state index contributed by atoms with van der Waals surface area (Å²) in [6.45, 7) is 2.30. The van der Waals surface area contributed by atoms with Crippen LogP contribution in [-0.4, -0.2) is 10.2 Å². The molecule has 0 heterocycles. The minimum Gasteiger partial charge on any atom is -0.0654 e. The summed E-state index contributed by atoms with van der Waals surface area (Å²) >= 11 is 0. The monoisotopic (exact) mass is 373 g/mol. The van der Waals surface area contributed by atoms with Gasteiger partial charge in [-0.2, -0.15) is 0 Å². The molecule has 1 radical (unpaired) electrons. The van der Waals surface area contributed by atoms with Crippen molar-refractivity contribution in [3.63, 3.8) is 0 Å². The van der Waals surface area contributed by atoms with Crippen molar-refractivity contribution < 1.29 is 26.2 Å². The maximum absolute atomic E-state index is 2.30. The third kappa shape index (κ3) is 21.4. The van der Waals surface area contributed by atoms with E-state index in [1.165, 1.54) is 109 Å². The molecule has 2 heteroatoms. The van der Waals surface area contributed by atoms with Gasteiger partial charge in [0.05, 0.1) is 0 Å². The molecule has 0 nitrogen and oxygen atoms in total. The first-order valence-electron chi connectivity index (χ1n) is 9.21. The summed E-state index contributed by atoms with van der Waals surface area (Å²) in [5.41, 5.74) is 0. The number of hydrogen-bond acceptors (Lipinski definition) is 0. The molecular formula is C18H39SiZr. The van der Waals surface area contributed by atoms with Crippen molar-refractivity contribution in [2.24, 2.45) is 0 Å². The van der Waals surface area contributed by atoms with Crippen LogP contribution in [0.5, 0.6) is 0 Å². The summed E-state index contributed by atoms with van der Waals surface area (Å²) in [7, 11) is 2.12. The molecular weight excluding hydrogens is 336 g/mol. The molecule has 0 aliphatic carbocycles. The molecule has 0 aromatic heterocycles. The predicted octanol–water partition coefficient (Wildman–Crippen LogP) is 6.30. The van der Waals surface area contributed by atoms with Gasteiger partial charge in [0.2, 0.25) is 0 Å². The van der Waals surface area contributed by atoms with Gasteiger partial charge in [-0.3, -0.25) is 0 Å². The van der Waals surface area contributed by atoms with Gasteiger partial charge in [-0.15, -0.1) is 0 Å². The molecule has 0 fully saturated rings. The van der Waals surface area contributed by atoms with E-state index in [4.69, 9.17) is 0 Å². The van der Waals surface area contributed by atoms with Gasteiger partial charge in [-0.25, -0.2) is 0 Å². The second-order valence-corrected chi connectivity index (χ2v) is 6.86. The Bertz CT molecular complexity index is 134. The molecule has 0 aromatic carbocycles. The Labute approximate surface area is 151 Å². The van der Waals surface area contributed by atoms with Gasteiger partial charge in [-0.05, 0) is 0 Å². The summed E-state index contributed by atoms with van der Waals surface area (Å²) in [6, 6.07) is 1.40. The predicted molar refractivity (Wildman–Crippen MR) is 92.9 cm³/mol. The average molecular weight is 375 g/mol. The second-order valence-electron chi connectivity index (χ2n) is 6.16. The minimum atomic E-state index is 0. The van der Waals surface area contributed by atoms with Crippen LogP contribution in [0, 0.1) is 0 Å². The van der Waals surface area contributed by atoms with Crippen LogP contribution in [0.4, 0.5) is 0 Å². The number of rotatable bonds is 16. The van der Waals surface area contributed by atoms with Crippen molar-refractivity contribution in [3.8, 4) is 0 Å². The summed E-state index contributed by atoms with van der Waals surface area (Å²) < 4.78 is 0. The maximum Gasteiger partial charge on any atom is 0.00797 e. The third-order valence-electron chi connectivity index (χ3n) is 4.10. The molecule has 119 valence electrons. The van der Waals surface area contributed by atoms with Gasteiger partial charge < -0.3 is 0 Å². The van der Waals surface area contributed by atoms with Crippen LogP contribution in [0.25, 0.3) is 0 Å². The molecule has 0 aromatic rings. The van der Waals surface area contributed by atoms with Crippen LogP contribution in [-0.2, 0) is 26.2 Å². The maximum atomic E-state index is 2.30. The van der Waals surface area contributed by atoms with E-state index in [1.807, 2.05) is 0 Å². The van der Waals surface area contributed by atoms with Gasteiger partial charge in [-0.1, -0.05) is 116 Å². The molecule has 0 atom stereocenters. The summed E-state index contributed by atoms with van der Waals surface area (Å²) in [6.07, 6.45) is 23.6. The van der Waals surface area contributed by atoms with Crippen molar-refractivity contribution in [1.82, 2.24) is 0 Å². The molecule has 0 aliphatic rings. The Kier molecular flexibility index (Phi) is 26.2. The van der Waals surface area contributed by atoms with Crippen LogP contribution in [0.15, 0.2) is 0 Å². The van der Waals surface area contributed by atoms with E-state index in [-0.39, 0.29) is 26.2 Å². The Morgan fingerprint density at radius 2 is 0.700 bits per heavy atom. The molecule has 20 heavy (non-hydrogen) atoms. The molecule has 0 N–H and O–H groups in total. The fourth-order valence-electron chi connectivity index (χ4n) is 2.72. The molecule has 0 saturated heterocycles. The SMILES string of the molecule is CCCCCCCCCCCCCCCCCC[SiH2].[Zr]. The van der Waals surface area contributed by atoms with Crippen LogP contribution >= 0.6 is 0 Å². The molecule has 0 saturated carbocycles. The van der Waals surface area contributed by atoms with E-state index in [1.54, 1.807) is 0 Å². The Hall–Kier alpha value is 1.10. The van der Waals surface area contributed by atoms with Gasteiger partial charge >= 0.3 is 0 Å². The first kappa shape index (κ1) is 23.4. The van der Waals surface area contributed by atoms with E-state index in [0.29, 0.717) is 0 Å². The van der Waals surface area contributed by atoms with E-state index >= 15 is 0 Å². The quantitative estimate of drug-likeness (QED) is 0.220. The van der Waals surface area contributed by atoms with Crippen LogP contribution < -0.4 is 0 Å². The van der Waals surface area contributed by atoms with Crippen LogP contribution in [0.3, 0.4) is 0 Å². The standard InChI is InChI=1S/C18H39Si.Zr/c1-2-3-4-5-6-7-8-9-10-11-12-13-14-15-16-17-18-19;/h2-19H2,1H3;. The first-order valence-corrected chi connectivity index (χ1v) is 10.2. The van der Waals surface area contributed by atoms with Gasteiger partial charge in [0.1, 0.15) is 0 Å². The molecule has 0 rings (SSSR count). The van der Waals surface area contributed by atoms with Crippen molar-refractivity contribution in [2.75, 3.05) is 0 Å². The first-order chi connectivity index (χ1) is 9.41. The van der Waals surface area contributed by atoms with E-state index in [2.05, 4.69) is 17.2 Å². The molecule has 0 bridgehead atoms. The van der Waals surface area contributed by atoms with Crippen molar-refractivity contribution in [3.05, 3.63) is 0 Å². The summed E-state index contributed by atoms with van der Waals surface area (Å²) in [4.78, 5) is 0. The van der Waals surface area contributed by atoms with E-state index in [9.17, 15) is 0 Å². The van der Waals surface area contributed by atoms with Gasteiger partial charge in [0.25, 0.3) is 0 Å². The number of unbranched alkanes of at least 4 members (excludes halogenated alkanes) is 15. The Balaban J connectivity index is 0. The largest absolute Gasteiger partial charge is 0.0654 e. The van der Waals surface area contributed by atoms with Crippen LogP contribution in [0.2, 0.25) is 6.04 Å². The zero-order chi connectivity index (χ0) is 14.0. The zero-order valence-electron chi connectivity index (χ0n) is 14.2. The normalized spacial score (nSPS) is 10.5. The van der Waals surface area contributed by atoms with Crippen molar-refractivity contribution in [1.29, 1.82) is 0 Å². The Morgan fingerprint density at radius 3 is 0.950 bits per heavy atom. The fourth-order valence-corrected chi connectivity index (χ4v) is 3.08. The fraction of sp³-hybridized carbons (Fsp3) is 1.00.